The number of hydrogen-bond donors (Lipinski definition) is 2. The van der Waals surface area contributed by atoms with Crippen molar-refractivity contribution in [3.63, 3.8) is 0 Å². The van der Waals surface area contributed by atoms with Gasteiger partial charge in [-0.25, -0.2) is 0 Å². The Kier molecular flexibility index (Phi) is 5.22. The first-order chi connectivity index (χ1) is 13.8. The maximum absolute atomic E-state index is 10.7. The minimum absolute atomic E-state index is 0.0997. The summed E-state index contributed by atoms with van der Waals surface area (Å²) in [6.45, 7) is 11.7. The molecule has 0 bridgehead atoms. The summed E-state index contributed by atoms with van der Waals surface area (Å²) < 4.78 is 0. The van der Waals surface area contributed by atoms with Crippen LogP contribution in [-0.2, 0) is 0 Å². The van der Waals surface area contributed by atoms with Crippen LogP contribution in [-0.4, -0.2) is 22.9 Å². The topological polar surface area (TPSA) is 40.5 Å². The van der Waals surface area contributed by atoms with Crippen molar-refractivity contribution in [2.24, 2.45) is 64.6 Å². The minimum atomic E-state index is -0.0997. The monoisotopic (exact) mass is 400 g/mol. The van der Waals surface area contributed by atoms with Gasteiger partial charge in [-0.1, -0.05) is 26.0 Å². The molecule has 5 aliphatic rings. The molecular formula is C27H44O2. The summed E-state index contributed by atoms with van der Waals surface area (Å²) in [5.41, 5.74) is 1.48. The van der Waals surface area contributed by atoms with Gasteiger partial charge in [-0.2, -0.15) is 0 Å². The van der Waals surface area contributed by atoms with E-state index in [0.717, 1.165) is 53.8 Å². The molecule has 5 aliphatic carbocycles. The zero-order valence-corrected chi connectivity index (χ0v) is 19.0. The average Bonchev–Trinajstić information content (AvgIpc) is 3.09. The lowest BCUT2D eigenvalue weighted by molar-refractivity contribution is -0.134. The van der Waals surface area contributed by atoms with E-state index in [1.54, 1.807) is 0 Å². The van der Waals surface area contributed by atoms with Gasteiger partial charge in [0.1, 0.15) is 0 Å². The first kappa shape index (κ1) is 20.6. The summed E-state index contributed by atoms with van der Waals surface area (Å²) in [6.07, 6.45) is 11.7. The fourth-order valence-corrected chi connectivity index (χ4v) is 9.95. The highest BCUT2D eigenvalue weighted by atomic mass is 16.3. The third kappa shape index (κ3) is 3.02. The van der Waals surface area contributed by atoms with E-state index in [0.29, 0.717) is 18.4 Å². The number of hydrogen-bond acceptors (Lipinski definition) is 2. The fourth-order valence-electron chi connectivity index (χ4n) is 9.95. The van der Waals surface area contributed by atoms with Crippen LogP contribution in [0.2, 0.25) is 0 Å². The van der Waals surface area contributed by atoms with Crippen molar-refractivity contribution >= 4 is 0 Å². The van der Waals surface area contributed by atoms with Crippen molar-refractivity contribution in [2.45, 2.75) is 84.7 Å². The van der Waals surface area contributed by atoms with Crippen LogP contribution in [0, 0.1) is 64.6 Å². The molecule has 0 aromatic carbocycles. The maximum Gasteiger partial charge on any atom is 0.0594 e. The van der Waals surface area contributed by atoms with E-state index in [1.807, 2.05) is 0 Å². The Morgan fingerprint density at radius 3 is 2.07 bits per heavy atom. The highest BCUT2D eigenvalue weighted by molar-refractivity contribution is 5.12. The SMILES string of the molecule is C=C(C)[C@@H]1C[C@H](CO)[C@@H]2CC[C@@H]3[C@@H]4CC[C@@H]5[C@H](CC[C@H](O)C5(C)C)[C@@H]4CC[C@@H]3[C@@H]21. The second kappa shape index (κ2) is 7.37. The van der Waals surface area contributed by atoms with Gasteiger partial charge in [0.15, 0.2) is 0 Å². The molecule has 2 nitrogen and oxygen atoms in total. The summed E-state index contributed by atoms with van der Waals surface area (Å²) in [5, 5.41) is 20.7. The molecule has 29 heavy (non-hydrogen) atoms. The summed E-state index contributed by atoms with van der Waals surface area (Å²) in [4.78, 5) is 0. The van der Waals surface area contributed by atoms with E-state index >= 15 is 0 Å². The van der Waals surface area contributed by atoms with Gasteiger partial charge < -0.3 is 10.2 Å². The standard InChI is InChI=1S/C27H44O2/c1-15(2)23-13-16(14-28)17-5-6-20-18-9-11-24-21(10-12-25(29)27(24,3)4)19(18)7-8-22(20)26(17)23/h16-26,28-29H,1,5-14H2,2-4H3/t16-,17+,18-,19-,20-,21-,22+,23+,24-,25+,26-/m1/s1. The molecule has 0 aromatic heterocycles. The van der Waals surface area contributed by atoms with Gasteiger partial charge in [0.05, 0.1) is 6.10 Å². The molecule has 0 aliphatic heterocycles. The Labute approximate surface area is 178 Å². The van der Waals surface area contributed by atoms with Gasteiger partial charge in [-0.15, -0.1) is 0 Å². The Hall–Kier alpha value is -0.340. The zero-order valence-electron chi connectivity index (χ0n) is 19.0. The van der Waals surface area contributed by atoms with Crippen molar-refractivity contribution in [3.8, 4) is 0 Å². The maximum atomic E-state index is 10.7. The van der Waals surface area contributed by atoms with E-state index in [-0.39, 0.29) is 11.5 Å². The molecule has 2 N–H and O–H groups in total. The van der Waals surface area contributed by atoms with Crippen LogP contribution < -0.4 is 0 Å². The lowest BCUT2D eigenvalue weighted by atomic mass is 9.45. The molecule has 5 rings (SSSR count). The summed E-state index contributed by atoms with van der Waals surface area (Å²) in [6, 6.07) is 0. The largest absolute Gasteiger partial charge is 0.396 e. The molecule has 0 unspecified atom stereocenters. The number of fused-ring (bicyclic) bond motifs is 7. The molecule has 0 amide bonds. The quantitative estimate of drug-likeness (QED) is 0.585. The first-order valence-electron chi connectivity index (χ1n) is 12.8. The van der Waals surface area contributed by atoms with Gasteiger partial charge in [-0.3, -0.25) is 0 Å². The van der Waals surface area contributed by atoms with E-state index < -0.39 is 0 Å². The molecule has 0 aromatic rings. The second-order valence-electron chi connectivity index (χ2n) is 12.4. The molecule has 11 atom stereocenters. The number of rotatable bonds is 2. The third-order valence-electron chi connectivity index (χ3n) is 11.3. The smallest absolute Gasteiger partial charge is 0.0594 e. The minimum Gasteiger partial charge on any atom is -0.396 e. The van der Waals surface area contributed by atoms with E-state index in [9.17, 15) is 10.2 Å². The summed E-state index contributed by atoms with van der Waals surface area (Å²) in [7, 11) is 0. The Morgan fingerprint density at radius 1 is 0.828 bits per heavy atom. The normalized spacial score (nSPS) is 53.3. The highest BCUT2D eigenvalue weighted by Gasteiger charge is 2.58. The fraction of sp³-hybridized carbons (Fsp3) is 0.926. The van der Waals surface area contributed by atoms with Crippen LogP contribution >= 0.6 is 0 Å². The third-order valence-corrected chi connectivity index (χ3v) is 11.3. The van der Waals surface area contributed by atoms with Crippen LogP contribution in [0.3, 0.4) is 0 Å². The number of aliphatic hydroxyl groups excluding tert-OH is 2. The van der Waals surface area contributed by atoms with Crippen LogP contribution in [0.4, 0.5) is 0 Å². The number of allylic oxidation sites excluding steroid dienone is 1. The van der Waals surface area contributed by atoms with Gasteiger partial charge in [0, 0.05) is 6.61 Å². The van der Waals surface area contributed by atoms with Crippen molar-refractivity contribution in [3.05, 3.63) is 12.2 Å². The highest BCUT2D eigenvalue weighted by Crippen LogP contribution is 2.65. The van der Waals surface area contributed by atoms with Gasteiger partial charge >= 0.3 is 0 Å². The van der Waals surface area contributed by atoms with E-state index in [2.05, 4.69) is 27.4 Å². The molecule has 164 valence electrons. The van der Waals surface area contributed by atoms with Crippen LogP contribution in [0.5, 0.6) is 0 Å². The summed E-state index contributed by atoms with van der Waals surface area (Å²) in [5.74, 6) is 7.96. The van der Waals surface area contributed by atoms with Gasteiger partial charge in [-0.05, 0) is 129 Å². The molecular weight excluding hydrogens is 356 g/mol. The Balaban J connectivity index is 1.39. The molecule has 0 saturated heterocycles. The van der Waals surface area contributed by atoms with Crippen LogP contribution in [0.25, 0.3) is 0 Å². The van der Waals surface area contributed by atoms with Crippen LogP contribution in [0.1, 0.15) is 78.6 Å². The first-order valence-corrected chi connectivity index (χ1v) is 12.8. The lowest BCUT2D eigenvalue weighted by Crippen LogP contribution is -2.54. The molecule has 0 heterocycles. The molecule has 0 spiro atoms. The average molecular weight is 401 g/mol. The molecule has 5 fully saturated rings. The predicted molar refractivity (Wildman–Crippen MR) is 118 cm³/mol. The van der Waals surface area contributed by atoms with Gasteiger partial charge in [0.25, 0.3) is 0 Å². The molecule has 5 saturated carbocycles. The van der Waals surface area contributed by atoms with E-state index in [4.69, 9.17) is 0 Å². The zero-order chi connectivity index (χ0) is 20.5. The van der Waals surface area contributed by atoms with E-state index in [1.165, 1.54) is 56.9 Å². The molecule has 0 radical (unpaired) electrons. The van der Waals surface area contributed by atoms with Crippen LogP contribution in [0.15, 0.2) is 12.2 Å². The lowest BCUT2D eigenvalue weighted by Gasteiger charge is -2.60. The second-order valence-corrected chi connectivity index (χ2v) is 12.4. The van der Waals surface area contributed by atoms with Gasteiger partial charge in [0.2, 0.25) is 0 Å². The van der Waals surface area contributed by atoms with Crippen molar-refractivity contribution < 1.29 is 10.2 Å². The Morgan fingerprint density at radius 2 is 1.38 bits per heavy atom. The van der Waals surface area contributed by atoms with Crippen molar-refractivity contribution in [1.82, 2.24) is 0 Å². The van der Waals surface area contributed by atoms with Crippen molar-refractivity contribution in [1.29, 1.82) is 0 Å². The van der Waals surface area contributed by atoms with Crippen molar-refractivity contribution in [2.75, 3.05) is 6.61 Å². The summed E-state index contributed by atoms with van der Waals surface area (Å²) >= 11 is 0. The predicted octanol–water partition coefficient (Wildman–Crippen LogP) is 5.68. The molecule has 2 heteroatoms. The Bertz CT molecular complexity index is 638. The number of aliphatic hydroxyl groups is 2.